The lowest BCUT2D eigenvalue weighted by molar-refractivity contribution is -0.274. The summed E-state index contributed by atoms with van der Waals surface area (Å²) in [5, 5.41) is 0. The summed E-state index contributed by atoms with van der Waals surface area (Å²) in [5.74, 6) is 2.29. The van der Waals surface area contributed by atoms with Crippen molar-refractivity contribution in [3.8, 4) is 11.5 Å². The summed E-state index contributed by atoms with van der Waals surface area (Å²) in [6, 6.07) is 10.2. The summed E-state index contributed by atoms with van der Waals surface area (Å²) in [7, 11) is 0. The largest absolute Gasteiger partial charge is 0.573 e. The first-order valence-corrected chi connectivity index (χ1v) is 15.1. The molecule has 0 saturated heterocycles. The van der Waals surface area contributed by atoms with Gasteiger partial charge in [0.2, 0.25) is 0 Å². The molecule has 0 unspecified atom stereocenters. The van der Waals surface area contributed by atoms with Crippen LogP contribution in [0.2, 0.25) is 0 Å². The fraction of sp³-hybridized carbons (Fsp3) is 0.636. The second-order valence-corrected chi connectivity index (χ2v) is 11.9. The number of ether oxygens (including phenoxy) is 2. The van der Waals surface area contributed by atoms with Crippen LogP contribution in [0.5, 0.6) is 11.5 Å². The quantitative estimate of drug-likeness (QED) is 0.188. The summed E-state index contributed by atoms with van der Waals surface area (Å²) >= 11 is 0. The summed E-state index contributed by atoms with van der Waals surface area (Å²) in [6.07, 6.45) is 9.96. The minimum absolute atomic E-state index is 0.248. The number of hydrogen-bond donors (Lipinski definition) is 0. The van der Waals surface area contributed by atoms with Crippen molar-refractivity contribution in [2.24, 2.45) is 17.8 Å². The Kier molecular flexibility index (Phi) is 10.8. The van der Waals surface area contributed by atoms with E-state index < -0.39 is 18.2 Å². The molecule has 2 nitrogen and oxygen atoms in total. The Bertz CT molecular complexity index is 1000. The summed E-state index contributed by atoms with van der Waals surface area (Å²) in [6.45, 7) is 2.27. The van der Waals surface area contributed by atoms with Crippen molar-refractivity contribution < 1.29 is 31.4 Å². The molecule has 2 aromatic rings. The van der Waals surface area contributed by atoms with Crippen molar-refractivity contribution in [3.05, 3.63) is 59.7 Å². The van der Waals surface area contributed by atoms with E-state index >= 15 is 0 Å². The first-order chi connectivity index (χ1) is 19.1. The van der Waals surface area contributed by atoms with E-state index in [2.05, 4.69) is 11.7 Å². The monoisotopic (exact) mass is 566 g/mol. The van der Waals surface area contributed by atoms with Gasteiger partial charge in [-0.25, -0.2) is 0 Å². The van der Waals surface area contributed by atoms with Crippen LogP contribution in [-0.4, -0.2) is 6.36 Å². The zero-order valence-corrected chi connectivity index (χ0v) is 23.5. The van der Waals surface area contributed by atoms with Crippen LogP contribution in [0.4, 0.5) is 22.0 Å². The summed E-state index contributed by atoms with van der Waals surface area (Å²) in [5.41, 5.74) is 0.786. The van der Waals surface area contributed by atoms with Gasteiger partial charge >= 0.3 is 12.5 Å². The van der Waals surface area contributed by atoms with Crippen LogP contribution < -0.4 is 9.47 Å². The predicted molar refractivity (Wildman–Crippen MR) is 148 cm³/mol. The summed E-state index contributed by atoms with van der Waals surface area (Å²) < 4.78 is 74.9. The highest BCUT2D eigenvalue weighted by molar-refractivity contribution is 5.33. The number of hydrogen-bond acceptors (Lipinski definition) is 2. The molecule has 0 atom stereocenters. The number of benzene rings is 2. The Morgan fingerprint density at radius 2 is 1.07 bits per heavy atom. The van der Waals surface area contributed by atoms with Gasteiger partial charge in [0.15, 0.2) is 0 Å². The van der Waals surface area contributed by atoms with Gasteiger partial charge in [-0.05, 0) is 91.3 Å². The van der Waals surface area contributed by atoms with Crippen molar-refractivity contribution >= 4 is 0 Å². The van der Waals surface area contributed by atoms with E-state index in [9.17, 15) is 22.0 Å². The van der Waals surface area contributed by atoms with Crippen LogP contribution in [0, 0.1) is 17.8 Å². The van der Waals surface area contributed by atoms with Crippen LogP contribution in [0.1, 0.15) is 114 Å². The van der Waals surface area contributed by atoms with Gasteiger partial charge < -0.3 is 9.47 Å². The van der Waals surface area contributed by atoms with E-state index in [1.165, 1.54) is 89.2 Å². The Hall–Kier alpha value is -2.31. The van der Waals surface area contributed by atoms with Crippen LogP contribution >= 0.6 is 0 Å². The Morgan fingerprint density at radius 3 is 1.57 bits per heavy atom. The van der Waals surface area contributed by atoms with E-state index in [1.54, 1.807) is 12.1 Å². The Morgan fingerprint density at radius 1 is 0.600 bits per heavy atom. The molecule has 0 spiro atoms. The fourth-order valence-corrected chi connectivity index (χ4v) is 6.61. The highest BCUT2D eigenvalue weighted by Gasteiger charge is 2.35. The van der Waals surface area contributed by atoms with Gasteiger partial charge in [0.1, 0.15) is 11.5 Å². The highest BCUT2D eigenvalue weighted by atomic mass is 19.4. The van der Waals surface area contributed by atoms with Crippen LogP contribution in [0.25, 0.3) is 0 Å². The second-order valence-electron chi connectivity index (χ2n) is 11.9. The zero-order valence-electron chi connectivity index (χ0n) is 23.5. The summed E-state index contributed by atoms with van der Waals surface area (Å²) in [4.78, 5) is 0. The van der Waals surface area contributed by atoms with E-state index in [0.29, 0.717) is 5.92 Å². The molecule has 2 aliphatic carbocycles. The molecule has 2 aliphatic rings. The molecule has 2 aromatic carbocycles. The van der Waals surface area contributed by atoms with Gasteiger partial charge in [-0.15, -0.1) is 13.2 Å². The molecule has 2 fully saturated rings. The highest BCUT2D eigenvalue weighted by Crippen LogP contribution is 2.41. The number of rotatable bonds is 12. The van der Waals surface area contributed by atoms with Gasteiger partial charge in [0, 0.05) is 0 Å². The van der Waals surface area contributed by atoms with Crippen molar-refractivity contribution in [1.29, 1.82) is 0 Å². The number of halogens is 5. The van der Waals surface area contributed by atoms with Crippen molar-refractivity contribution in [2.45, 2.75) is 115 Å². The minimum atomic E-state index is -4.85. The number of unbranched alkanes of at least 4 members (excludes halogenated alkanes) is 2. The van der Waals surface area contributed by atoms with E-state index in [0.717, 1.165) is 60.4 Å². The topological polar surface area (TPSA) is 18.5 Å². The van der Waals surface area contributed by atoms with Crippen LogP contribution in [0.3, 0.4) is 0 Å². The smallest absolute Gasteiger partial charge is 0.429 e. The van der Waals surface area contributed by atoms with Crippen molar-refractivity contribution in [2.75, 3.05) is 0 Å². The SMILES string of the molecule is CCCCC[C@H]1CC[C@H](CC[C@H]2CC[C@H](c3ccc(C(F)(F)Oc4ccc(OC(F)(F)F)cc4)cc3)CC2)CC1. The van der Waals surface area contributed by atoms with Gasteiger partial charge in [0.05, 0.1) is 5.56 Å². The lowest BCUT2D eigenvalue weighted by atomic mass is 9.74. The predicted octanol–water partition coefficient (Wildman–Crippen LogP) is 11.2. The van der Waals surface area contributed by atoms with E-state index in [4.69, 9.17) is 4.74 Å². The molecule has 0 amide bonds. The average molecular weight is 567 g/mol. The molecule has 0 heterocycles. The lowest BCUT2D eigenvalue weighted by Crippen LogP contribution is -2.22. The molecule has 0 N–H and O–H groups in total. The molecule has 0 radical (unpaired) electrons. The van der Waals surface area contributed by atoms with Gasteiger partial charge in [-0.1, -0.05) is 83.3 Å². The first-order valence-electron chi connectivity index (χ1n) is 15.1. The molecule has 4 rings (SSSR count). The van der Waals surface area contributed by atoms with Gasteiger partial charge in [0.25, 0.3) is 0 Å². The average Bonchev–Trinajstić information content (AvgIpc) is 2.93. The van der Waals surface area contributed by atoms with Gasteiger partial charge in [-0.3, -0.25) is 0 Å². The molecule has 0 aliphatic heterocycles. The molecule has 0 aromatic heterocycles. The van der Waals surface area contributed by atoms with Crippen LogP contribution in [0.15, 0.2) is 48.5 Å². The lowest BCUT2D eigenvalue weighted by Gasteiger charge is -2.32. The molecule has 40 heavy (non-hydrogen) atoms. The van der Waals surface area contributed by atoms with Crippen molar-refractivity contribution in [3.63, 3.8) is 0 Å². The maximum absolute atomic E-state index is 14.7. The maximum atomic E-state index is 14.7. The standard InChI is InChI=1S/C33H43F5O2/c1-2-3-4-5-24-6-8-25(9-7-24)10-11-26-12-14-27(15-13-26)28-16-18-29(19-17-28)32(34,35)39-30-20-22-31(23-21-30)40-33(36,37)38/h16-27H,2-15H2,1H3/t24-,25-,26-,27-. The van der Waals surface area contributed by atoms with Gasteiger partial charge in [-0.2, -0.15) is 8.78 Å². The minimum Gasteiger partial charge on any atom is -0.429 e. The third kappa shape index (κ3) is 9.37. The first kappa shape index (κ1) is 30.6. The van der Waals surface area contributed by atoms with Crippen molar-refractivity contribution in [1.82, 2.24) is 0 Å². The molecule has 7 heteroatoms. The maximum Gasteiger partial charge on any atom is 0.573 e. The second kappa shape index (κ2) is 14.0. The zero-order chi connectivity index (χ0) is 28.6. The van der Waals surface area contributed by atoms with E-state index in [1.807, 2.05) is 0 Å². The molecule has 2 saturated carbocycles. The van der Waals surface area contributed by atoms with Crippen LogP contribution in [-0.2, 0) is 6.11 Å². The molecular weight excluding hydrogens is 523 g/mol. The third-order valence-electron chi connectivity index (χ3n) is 9.03. The fourth-order valence-electron chi connectivity index (χ4n) is 6.61. The number of alkyl halides is 5. The van der Waals surface area contributed by atoms with E-state index in [-0.39, 0.29) is 11.3 Å². The molecular formula is C33H43F5O2. The Balaban J connectivity index is 1.19. The molecule has 0 bridgehead atoms. The Labute approximate surface area is 235 Å². The normalized spacial score (nSPS) is 24.1. The molecule has 222 valence electrons. The third-order valence-corrected chi connectivity index (χ3v) is 9.03.